The number of hydrogen-bond acceptors (Lipinski definition) is 3. The summed E-state index contributed by atoms with van der Waals surface area (Å²) in [6, 6.07) is 14.3. The van der Waals surface area contributed by atoms with Gasteiger partial charge in [0.25, 0.3) is 0 Å². The van der Waals surface area contributed by atoms with Gasteiger partial charge in [-0.15, -0.1) is 0 Å². The maximum Gasteiger partial charge on any atom is 0.234 e. The minimum absolute atomic E-state index is 0.147. The Balaban J connectivity index is 1.93. The van der Waals surface area contributed by atoms with Gasteiger partial charge in [0.2, 0.25) is 11.7 Å². The van der Waals surface area contributed by atoms with Crippen LogP contribution in [0.3, 0.4) is 0 Å². The number of aryl methyl sites for hydroxylation is 1. The molecule has 0 aliphatic carbocycles. The molecule has 1 heterocycles. The molecule has 0 aliphatic heterocycles. The first-order valence-corrected chi connectivity index (χ1v) is 6.80. The quantitative estimate of drug-likeness (QED) is 0.717. The minimum Gasteiger partial charge on any atom is -0.338 e. The summed E-state index contributed by atoms with van der Waals surface area (Å²) in [5, 5.41) is 4.04. The van der Waals surface area contributed by atoms with Gasteiger partial charge in [-0.1, -0.05) is 41.6 Å². The fourth-order valence-corrected chi connectivity index (χ4v) is 2.26. The molecule has 0 N–H and O–H groups in total. The first kappa shape index (κ1) is 13.5. The lowest BCUT2D eigenvalue weighted by Crippen LogP contribution is -1.97. The number of nitrogens with zero attached hydrogens (tertiary/aromatic N) is 2. The van der Waals surface area contributed by atoms with Crippen LogP contribution in [0.1, 0.15) is 29.9 Å². The molecule has 0 aliphatic rings. The van der Waals surface area contributed by atoms with Crippen molar-refractivity contribution in [3.05, 3.63) is 71.4 Å². The molecule has 1 aromatic heterocycles. The van der Waals surface area contributed by atoms with E-state index >= 15 is 0 Å². The van der Waals surface area contributed by atoms with Crippen LogP contribution < -0.4 is 0 Å². The molecule has 3 rings (SSSR count). The summed E-state index contributed by atoms with van der Waals surface area (Å²) in [7, 11) is 0. The van der Waals surface area contributed by atoms with Crippen LogP contribution in [0.5, 0.6) is 0 Å². The van der Waals surface area contributed by atoms with Crippen molar-refractivity contribution in [2.75, 3.05) is 0 Å². The van der Waals surface area contributed by atoms with Crippen molar-refractivity contribution >= 4 is 0 Å². The molecule has 3 nitrogen and oxygen atoms in total. The normalized spacial score (nSPS) is 12.3. The van der Waals surface area contributed by atoms with Gasteiger partial charge in [0, 0.05) is 5.56 Å². The zero-order valence-corrected chi connectivity index (χ0v) is 11.9. The highest BCUT2D eigenvalue weighted by atomic mass is 19.1. The van der Waals surface area contributed by atoms with E-state index in [-0.39, 0.29) is 11.7 Å². The average Bonchev–Trinajstić information content (AvgIpc) is 2.96. The molecule has 0 radical (unpaired) electrons. The van der Waals surface area contributed by atoms with Crippen molar-refractivity contribution in [2.24, 2.45) is 0 Å². The molecule has 0 bridgehead atoms. The molecule has 1 atom stereocenters. The fourth-order valence-electron chi connectivity index (χ4n) is 2.26. The highest BCUT2D eigenvalue weighted by Gasteiger charge is 2.18. The van der Waals surface area contributed by atoms with Crippen molar-refractivity contribution in [1.29, 1.82) is 0 Å². The molecular weight excluding hydrogens is 267 g/mol. The Morgan fingerprint density at radius 1 is 1.10 bits per heavy atom. The number of halogens is 1. The van der Waals surface area contributed by atoms with Crippen LogP contribution in [-0.4, -0.2) is 10.1 Å². The van der Waals surface area contributed by atoms with Crippen LogP contribution in [0.25, 0.3) is 11.4 Å². The summed E-state index contributed by atoms with van der Waals surface area (Å²) in [6.07, 6.45) is 0. The summed E-state index contributed by atoms with van der Waals surface area (Å²) >= 11 is 0. The second-order valence-corrected chi connectivity index (χ2v) is 5.05. The summed E-state index contributed by atoms with van der Waals surface area (Å²) in [5.74, 6) is 0.633. The average molecular weight is 282 g/mol. The Kier molecular flexibility index (Phi) is 3.52. The van der Waals surface area contributed by atoms with Crippen molar-refractivity contribution in [1.82, 2.24) is 10.1 Å². The second-order valence-electron chi connectivity index (χ2n) is 5.05. The Morgan fingerprint density at radius 3 is 2.67 bits per heavy atom. The van der Waals surface area contributed by atoms with Crippen LogP contribution in [-0.2, 0) is 0 Å². The standard InChI is InChI=1S/C17H15FN2O/c1-11-6-3-4-9-15(11)16-19-17(21-20-16)12(2)13-7-5-8-14(18)10-13/h3-10,12H,1-2H3. The monoisotopic (exact) mass is 282 g/mol. The van der Waals surface area contributed by atoms with E-state index in [0.717, 1.165) is 16.7 Å². The van der Waals surface area contributed by atoms with Gasteiger partial charge in [-0.3, -0.25) is 0 Å². The lowest BCUT2D eigenvalue weighted by Gasteiger charge is -2.06. The maximum atomic E-state index is 13.3. The highest BCUT2D eigenvalue weighted by molar-refractivity contribution is 5.59. The van der Waals surface area contributed by atoms with Gasteiger partial charge in [-0.2, -0.15) is 4.98 Å². The predicted octanol–water partition coefficient (Wildman–Crippen LogP) is 4.34. The van der Waals surface area contributed by atoms with Gasteiger partial charge in [-0.25, -0.2) is 4.39 Å². The topological polar surface area (TPSA) is 38.9 Å². The molecule has 3 aromatic rings. The summed E-state index contributed by atoms with van der Waals surface area (Å²) in [6.45, 7) is 3.92. The largest absolute Gasteiger partial charge is 0.338 e. The molecule has 1 unspecified atom stereocenters. The zero-order valence-electron chi connectivity index (χ0n) is 11.9. The van der Waals surface area contributed by atoms with Gasteiger partial charge in [0.05, 0.1) is 5.92 Å². The number of hydrogen-bond donors (Lipinski definition) is 0. The summed E-state index contributed by atoms with van der Waals surface area (Å²) in [4.78, 5) is 4.45. The van der Waals surface area contributed by atoms with E-state index in [9.17, 15) is 4.39 Å². The smallest absolute Gasteiger partial charge is 0.234 e. The maximum absolute atomic E-state index is 13.3. The van der Waals surface area contributed by atoms with Gasteiger partial charge < -0.3 is 4.52 Å². The lowest BCUT2D eigenvalue weighted by atomic mass is 10.0. The molecular formula is C17H15FN2O. The van der Waals surface area contributed by atoms with Crippen LogP contribution in [0.2, 0.25) is 0 Å². The Labute approximate surface area is 122 Å². The van der Waals surface area contributed by atoms with E-state index in [1.54, 1.807) is 6.07 Å². The lowest BCUT2D eigenvalue weighted by molar-refractivity contribution is 0.370. The van der Waals surface area contributed by atoms with Crippen LogP contribution in [0.4, 0.5) is 4.39 Å². The van der Waals surface area contributed by atoms with E-state index in [2.05, 4.69) is 10.1 Å². The van der Waals surface area contributed by atoms with Gasteiger partial charge in [0.15, 0.2) is 0 Å². The molecule has 0 amide bonds. The minimum atomic E-state index is -0.266. The third-order valence-corrected chi connectivity index (χ3v) is 3.55. The van der Waals surface area contributed by atoms with E-state index in [1.165, 1.54) is 12.1 Å². The van der Waals surface area contributed by atoms with Crippen molar-refractivity contribution in [3.8, 4) is 11.4 Å². The summed E-state index contributed by atoms with van der Waals surface area (Å²) < 4.78 is 18.6. The predicted molar refractivity (Wildman–Crippen MR) is 78.4 cm³/mol. The number of rotatable bonds is 3. The van der Waals surface area contributed by atoms with Crippen LogP contribution >= 0.6 is 0 Å². The van der Waals surface area contributed by atoms with Gasteiger partial charge in [0.1, 0.15) is 5.82 Å². The summed E-state index contributed by atoms with van der Waals surface area (Å²) in [5.41, 5.74) is 2.84. The van der Waals surface area contributed by atoms with Gasteiger partial charge >= 0.3 is 0 Å². The first-order valence-electron chi connectivity index (χ1n) is 6.80. The van der Waals surface area contributed by atoms with E-state index < -0.39 is 0 Å². The van der Waals surface area contributed by atoms with Gasteiger partial charge in [-0.05, 0) is 37.1 Å². The van der Waals surface area contributed by atoms with Crippen molar-refractivity contribution in [2.45, 2.75) is 19.8 Å². The van der Waals surface area contributed by atoms with Crippen LogP contribution in [0.15, 0.2) is 53.1 Å². The molecule has 21 heavy (non-hydrogen) atoms. The van der Waals surface area contributed by atoms with E-state index in [0.29, 0.717) is 11.7 Å². The first-order chi connectivity index (χ1) is 10.1. The highest BCUT2D eigenvalue weighted by Crippen LogP contribution is 2.26. The SMILES string of the molecule is Cc1ccccc1-c1noc(C(C)c2cccc(F)c2)n1. The van der Waals surface area contributed by atoms with Crippen LogP contribution in [0, 0.1) is 12.7 Å². The second kappa shape index (κ2) is 5.48. The Bertz CT molecular complexity index is 767. The third-order valence-electron chi connectivity index (χ3n) is 3.55. The molecule has 2 aromatic carbocycles. The Morgan fingerprint density at radius 2 is 1.90 bits per heavy atom. The molecule has 0 fully saturated rings. The number of benzene rings is 2. The molecule has 0 spiro atoms. The van der Waals surface area contributed by atoms with Crippen molar-refractivity contribution < 1.29 is 8.91 Å². The van der Waals surface area contributed by atoms with E-state index in [4.69, 9.17) is 4.52 Å². The molecule has 106 valence electrons. The van der Waals surface area contributed by atoms with Crippen molar-refractivity contribution in [3.63, 3.8) is 0 Å². The van der Waals surface area contributed by atoms with E-state index in [1.807, 2.05) is 44.2 Å². The molecule has 4 heteroatoms. The molecule has 0 saturated carbocycles. The zero-order chi connectivity index (χ0) is 14.8. The Hall–Kier alpha value is -2.49. The third kappa shape index (κ3) is 2.70. The number of aromatic nitrogens is 2. The fraction of sp³-hybridized carbons (Fsp3) is 0.176. The molecule has 0 saturated heterocycles.